The van der Waals surface area contributed by atoms with E-state index in [9.17, 15) is 4.79 Å². The van der Waals surface area contributed by atoms with E-state index < -0.39 is 0 Å². The molecule has 0 N–H and O–H groups in total. The Kier molecular flexibility index (Phi) is 2.17. The van der Waals surface area contributed by atoms with E-state index in [0.29, 0.717) is 5.69 Å². The Balaban J connectivity index is 2.53. The van der Waals surface area contributed by atoms with Crippen LogP contribution in [0.15, 0.2) is 9.90 Å². The minimum Gasteiger partial charge on any atom is -0.361 e. The van der Waals surface area contributed by atoms with Gasteiger partial charge >= 0.3 is 0 Å². The molecule has 2 aromatic heterocycles. The molecule has 0 unspecified atom stereocenters. The summed E-state index contributed by atoms with van der Waals surface area (Å²) < 4.78 is 5.02. The third-order valence-corrected chi connectivity index (χ3v) is 2.77. The highest BCUT2D eigenvalue weighted by Gasteiger charge is 2.14. The molecule has 5 heteroatoms. The summed E-state index contributed by atoms with van der Waals surface area (Å²) in [4.78, 5) is 14.6. The van der Waals surface area contributed by atoms with Crippen LogP contribution in [-0.2, 0) is 0 Å². The third-order valence-electron chi connectivity index (χ3n) is 1.89. The van der Waals surface area contributed by atoms with E-state index in [1.54, 1.807) is 5.38 Å². The van der Waals surface area contributed by atoms with Gasteiger partial charge in [-0.05, 0) is 13.8 Å². The smallest absolute Gasteiger partial charge is 0.169 e. The number of carbonyl (C=O) groups excluding carboxylic acids is 1. The molecule has 0 saturated carbocycles. The van der Waals surface area contributed by atoms with Gasteiger partial charge in [-0.3, -0.25) is 4.79 Å². The summed E-state index contributed by atoms with van der Waals surface area (Å²) in [7, 11) is 0. The lowest BCUT2D eigenvalue weighted by Crippen LogP contribution is -1.82. The maximum atomic E-state index is 10.5. The molecule has 0 aromatic carbocycles. The molecule has 0 aliphatic heterocycles. The number of nitrogens with zero attached hydrogens (tertiary/aromatic N) is 2. The SMILES string of the molecule is Cc1noc(C)c1-c1nc(C=O)cs1. The molecular weight excluding hydrogens is 200 g/mol. The summed E-state index contributed by atoms with van der Waals surface area (Å²) >= 11 is 1.42. The number of carbonyl (C=O) groups is 1. The molecule has 0 saturated heterocycles. The number of aryl methyl sites for hydroxylation is 2. The molecule has 0 spiro atoms. The number of hydrogen-bond acceptors (Lipinski definition) is 5. The van der Waals surface area contributed by atoms with E-state index in [4.69, 9.17) is 4.52 Å². The lowest BCUT2D eigenvalue weighted by Gasteiger charge is -1.91. The van der Waals surface area contributed by atoms with E-state index in [2.05, 4.69) is 10.1 Å². The predicted molar refractivity (Wildman–Crippen MR) is 52.5 cm³/mol. The second kappa shape index (κ2) is 3.34. The van der Waals surface area contributed by atoms with Crippen LogP contribution in [0, 0.1) is 13.8 Å². The first kappa shape index (κ1) is 9.08. The first-order chi connectivity index (χ1) is 6.72. The second-order valence-electron chi connectivity index (χ2n) is 2.89. The van der Waals surface area contributed by atoms with Crippen LogP contribution in [0.1, 0.15) is 21.9 Å². The van der Waals surface area contributed by atoms with Crippen molar-refractivity contribution >= 4 is 17.6 Å². The average molecular weight is 208 g/mol. The third kappa shape index (κ3) is 1.35. The summed E-state index contributed by atoms with van der Waals surface area (Å²) in [5, 5.41) is 6.33. The van der Waals surface area contributed by atoms with Crippen molar-refractivity contribution in [2.45, 2.75) is 13.8 Å². The zero-order valence-electron chi connectivity index (χ0n) is 7.77. The maximum absolute atomic E-state index is 10.5. The quantitative estimate of drug-likeness (QED) is 0.710. The summed E-state index contributed by atoms with van der Waals surface area (Å²) in [6.07, 6.45) is 0.734. The Morgan fingerprint density at radius 3 is 2.79 bits per heavy atom. The molecular formula is C9H8N2O2S. The molecule has 4 nitrogen and oxygen atoms in total. The van der Waals surface area contributed by atoms with Crippen LogP contribution in [0.2, 0.25) is 0 Å². The van der Waals surface area contributed by atoms with E-state index >= 15 is 0 Å². The number of hydrogen-bond donors (Lipinski definition) is 0. The summed E-state index contributed by atoms with van der Waals surface area (Å²) in [6.45, 7) is 3.69. The predicted octanol–water partition coefficient (Wildman–Crippen LogP) is 2.23. The van der Waals surface area contributed by atoms with Crippen molar-refractivity contribution in [2.24, 2.45) is 0 Å². The molecule has 2 heterocycles. The van der Waals surface area contributed by atoms with Crippen molar-refractivity contribution in [3.05, 3.63) is 22.5 Å². The first-order valence-electron chi connectivity index (χ1n) is 4.06. The van der Waals surface area contributed by atoms with Crippen molar-refractivity contribution in [1.82, 2.24) is 10.1 Å². The van der Waals surface area contributed by atoms with Gasteiger partial charge in [0.1, 0.15) is 16.5 Å². The van der Waals surface area contributed by atoms with Gasteiger partial charge in [-0.15, -0.1) is 11.3 Å². The highest BCUT2D eigenvalue weighted by molar-refractivity contribution is 7.13. The monoisotopic (exact) mass is 208 g/mol. The minimum absolute atomic E-state index is 0.449. The van der Waals surface area contributed by atoms with Crippen LogP contribution in [0.4, 0.5) is 0 Å². The summed E-state index contributed by atoms with van der Waals surface area (Å²) in [5.74, 6) is 0.731. The highest BCUT2D eigenvalue weighted by atomic mass is 32.1. The lowest BCUT2D eigenvalue weighted by atomic mass is 10.2. The fraction of sp³-hybridized carbons (Fsp3) is 0.222. The van der Waals surface area contributed by atoms with Gasteiger partial charge in [0.2, 0.25) is 0 Å². The van der Waals surface area contributed by atoms with Crippen LogP contribution in [-0.4, -0.2) is 16.4 Å². The van der Waals surface area contributed by atoms with Gasteiger partial charge in [0.15, 0.2) is 6.29 Å². The Morgan fingerprint density at radius 1 is 1.50 bits per heavy atom. The normalized spacial score (nSPS) is 10.4. The number of rotatable bonds is 2. The van der Waals surface area contributed by atoms with E-state index in [-0.39, 0.29) is 0 Å². The maximum Gasteiger partial charge on any atom is 0.169 e. The molecule has 0 fully saturated rings. The van der Waals surface area contributed by atoms with Gasteiger partial charge in [-0.25, -0.2) is 4.98 Å². The molecule has 0 aliphatic rings. The number of aromatic nitrogens is 2. The Hall–Kier alpha value is -1.49. The Morgan fingerprint density at radius 2 is 2.29 bits per heavy atom. The molecule has 0 atom stereocenters. The van der Waals surface area contributed by atoms with Crippen LogP contribution >= 0.6 is 11.3 Å². The van der Waals surface area contributed by atoms with Crippen molar-refractivity contribution in [3.8, 4) is 10.6 Å². The number of thiazole rings is 1. The molecule has 0 bridgehead atoms. The minimum atomic E-state index is 0.449. The van der Waals surface area contributed by atoms with Crippen molar-refractivity contribution in [2.75, 3.05) is 0 Å². The number of aldehydes is 1. The molecule has 0 aliphatic carbocycles. The zero-order chi connectivity index (χ0) is 10.1. The molecule has 0 amide bonds. The van der Waals surface area contributed by atoms with Crippen molar-refractivity contribution in [1.29, 1.82) is 0 Å². The lowest BCUT2D eigenvalue weighted by molar-refractivity contribution is 0.111. The Labute approximate surface area is 84.6 Å². The van der Waals surface area contributed by atoms with Crippen LogP contribution in [0.5, 0.6) is 0 Å². The zero-order valence-corrected chi connectivity index (χ0v) is 8.59. The molecule has 14 heavy (non-hydrogen) atoms. The van der Waals surface area contributed by atoms with Gasteiger partial charge in [-0.2, -0.15) is 0 Å². The molecule has 2 aromatic rings. The van der Waals surface area contributed by atoms with Gasteiger partial charge < -0.3 is 4.52 Å². The average Bonchev–Trinajstić information content (AvgIpc) is 2.73. The topological polar surface area (TPSA) is 56.0 Å². The Bertz CT molecular complexity index is 453. The van der Waals surface area contributed by atoms with Crippen molar-refractivity contribution < 1.29 is 9.32 Å². The van der Waals surface area contributed by atoms with Gasteiger partial charge in [0.05, 0.1) is 11.3 Å². The fourth-order valence-corrected chi connectivity index (χ4v) is 2.15. The van der Waals surface area contributed by atoms with E-state index in [1.165, 1.54) is 11.3 Å². The molecule has 2 rings (SSSR count). The van der Waals surface area contributed by atoms with Crippen LogP contribution in [0.25, 0.3) is 10.6 Å². The summed E-state index contributed by atoms with van der Waals surface area (Å²) in [6, 6.07) is 0. The highest BCUT2D eigenvalue weighted by Crippen LogP contribution is 2.29. The molecule has 0 radical (unpaired) electrons. The fourth-order valence-electron chi connectivity index (χ4n) is 1.24. The van der Waals surface area contributed by atoms with Gasteiger partial charge in [-0.1, -0.05) is 5.16 Å². The van der Waals surface area contributed by atoms with Gasteiger partial charge in [0, 0.05) is 5.38 Å². The van der Waals surface area contributed by atoms with Crippen LogP contribution < -0.4 is 0 Å². The van der Waals surface area contributed by atoms with Crippen molar-refractivity contribution in [3.63, 3.8) is 0 Å². The van der Waals surface area contributed by atoms with Gasteiger partial charge in [0.25, 0.3) is 0 Å². The summed E-state index contributed by atoms with van der Waals surface area (Å²) in [5.41, 5.74) is 2.14. The second-order valence-corrected chi connectivity index (χ2v) is 3.75. The molecule has 72 valence electrons. The largest absolute Gasteiger partial charge is 0.361 e. The van der Waals surface area contributed by atoms with E-state index in [0.717, 1.165) is 28.3 Å². The first-order valence-corrected chi connectivity index (χ1v) is 4.94. The standard InChI is InChI=1S/C9H8N2O2S/c1-5-8(6(2)13-11-5)9-10-7(3-12)4-14-9/h3-4H,1-2H3. The van der Waals surface area contributed by atoms with Crippen LogP contribution in [0.3, 0.4) is 0 Å². The van der Waals surface area contributed by atoms with E-state index in [1.807, 2.05) is 13.8 Å².